The predicted octanol–water partition coefficient (Wildman–Crippen LogP) is 3.75. The normalized spacial score (nSPS) is 11.5. The number of benzene rings is 1. The highest BCUT2D eigenvalue weighted by Crippen LogP contribution is 2.34. The Balaban J connectivity index is 2.77. The summed E-state index contributed by atoms with van der Waals surface area (Å²) in [6.07, 6.45) is 0. The van der Waals surface area contributed by atoms with Crippen molar-refractivity contribution in [2.24, 2.45) is 0 Å². The van der Waals surface area contributed by atoms with Crippen molar-refractivity contribution in [1.82, 2.24) is 9.78 Å². The van der Waals surface area contributed by atoms with Crippen LogP contribution in [0.4, 0.5) is 4.39 Å². The molecule has 112 valence electrons. The molecular weight excluding hydrogens is 295 g/mol. The highest BCUT2D eigenvalue weighted by atomic mass is 35.5. The number of rotatable bonds is 2. The van der Waals surface area contributed by atoms with Gasteiger partial charge in [-0.15, -0.1) is 0 Å². The summed E-state index contributed by atoms with van der Waals surface area (Å²) in [5.74, 6) is -1.10. The maximum atomic E-state index is 14.0. The number of para-hydroxylation sites is 1. The molecule has 0 aliphatic rings. The molecule has 0 bridgehead atoms. The van der Waals surface area contributed by atoms with Gasteiger partial charge in [-0.25, -0.2) is 13.9 Å². The first kappa shape index (κ1) is 15.5. The van der Waals surface area contributed by atoms with Crippen LogP contribution in [-0.4, -0.2) is 22.9 Å². The molecule has 0 spiro atoms. The van der Waals surface area contributed by atoms with Crippen molar-refractivity contribution in [3.8, 4) is 5.69 Å². The monoisotopic (exact) mass is 310 g/mol. The smallest absolute Gasteiger partial charge is 0.360 e. The quantitative estimate of drug-likeness (QED) is 0.794. The van der Waals surface area contributed by atoms with Crippen LogP contribution in [0, 0.1) is 5.82 Å². The Labute approximate surface area is 127 Å². The van der Waals surface area contributed by atoms with E-state index >= 15 is 0 Å². The molecule has 1 aromatic carbocycles. The van der Waals surface area contributed by atoms with Gasteiger partial charge in [0.25, 0.3) is 0 Å². The second-order valence-electron chi connectivity index (χ2n) is 5.62. The molecule has 0 unspecified atom stereocenters. The van der Waals surface area contributed by atoms with Gasteiger partial charge in [-0.1, -0.05) is 44.5 Å². The molecule has 0 fully saturated rings. The van der Waals surface area contributed by atoms with E-state index in [-0.39, 0.29) is 16.4 Å². The summed E-state index contributed by atoms with van der Waals surface area (Å²) in [5, 5.41) is 4.33. The Kier molecular flexibility index (Phi) is 4.05. The molecule has 2 rings (SSSR count). The number of aromatic nitrogens is 2. The molecule has 0 atom stereocenters. The summed E-state index contributed by atoms with van der Waals surface area (Å²) >= 11 is 6.28. The van der Waals surface area contributed by atoms with Crippen LogP contribution in [0.1, 0.15) is 37.0 Å². The molecule has 0 radical (unpaired) electrons. The van der Waals surface area contributed by atoms with Gasteiger partial charge in [-0.3, -0.25) is 0 Å². The molecule has 0 saturated carbocycles. The molecule has 0 saturated heterocycles. The van der Waals surface area contributed by atoms with Gasteiger partial charge in [-0.2, -0.15) is 5.10 Å². The van der Waals surface area contributed by atoms with Gasteiger partial charge in [-0.05, 0) is 12.1 Å². The largest absolute Gasteiger partial charge is 0.464 e. The van der Waals surface area contributed by atoms with Crippen LogP contribution in [0.5, 0.6) is 0 Å². The molecule has 4 nitrogen and oxygen atoms in total. The van der Waals surface area contributed by atoms with Crippen LogP contribution < -0.4 is 0 Å². The third-order valence-corrected chi connectivity index (χ3v) is 3.36. The summed E-state index contributed by atoms with van der Waals surface area (Å²) in [6, 6.07) is 6.18. The highest BCUT2D eigenvalue weighted by molar-refractivity contribution is 6.34. The lowest BCUT2D eigenvalue weighted by Gasteiger charge is -2.21. The van der Waals surface area contributed by atoms with E-state index in [1.54, 1.807) is 18.2 Å². The van der Waals surface area contributed by atoms with E-state index in [1.165, 1.54) is 17.9 Å². The van der Waals surface area contributed by atoms with Gasteiger partial charge in [0, 0.05) is 5.41 Å². The van der Waals surface area contributed by atoms with Crippen LogP contribution in [0.3, 0.4) is 0 Å². The van der Waals surface area contributed by atoms with Crippen LogP contribution in [0.15, 0.2) is 24.3 Å². The van der Waals surface area contributed by atoms with Crippen molar-refractivity contribution in [3.05, 3.63) is 46.5 Å². The first-order valence-electron chi connectivity index (χ1n) is 6.39. The fourth-order valence-corrected chi connectivity index (χ4v) is 2.55. The molecule has 1 heterocycles. The number of nitrogens with zero attached hydrogens (tertiary/aromatic N) is 2. The van der Waals surface area contributed by atoms with Crippen LogP contribution in [0.2, 0.25) is 5.02 Å². The number of hydrogen-bond donors (Lipinski definition) is 0. The number of carbonyl (C=O) groups is 1. The van der Waals surface area contributed by atoms with E-state index in [1.807, 2.05) is 20.8 Å². The zero-order valence-electron chi connectivity index (χ0n) is 12.3. The molecule has 6 heteroatoms. The Morgan fingerprint density at radius 3 is 2.48 bits per heavy atom. The van der Waals surface area contributed by atoms with E-state index in [4.69, 9.17) is 11.6 Å². The van der Waals surface area contributed by atoms with Crippen molar-refractivity contribution in [1.29, 1.82) is 0 Å². The predicted molar refractivity (Wildman–Crippen MR) is 78.6 cm³/mol. The van der Waals surface area contributed by atoms with Gasteiger partial charge in [0.2, 0.25) is 0 Å². The van der Waals surface area contributed by atoms with Crippen molar-refractivity contribution in [3.63, 3.8) is 0 Å². The van der Waals surface area contributed by atoms with Crippen LogP contribution in [-0.2, 0) is 10.2 Å². The molecular formula is C15H16ClFN2O2. The number of ether oxygens (including phenoxy) is 1. The van der Waals surface area contributed by atoms with Crippen LogP contribution >= 0.6 is 11.6 Å². The van der Waals surface area contributed by atoms with E-state index in [9.17, 15) is 9.18 Å². The summed E-state index contributed by atoms with van der Waals surface area (Å²) in [6.45, 7) is 5.73. The van der Waals surface area contributed by atoms with Gasteiger partial charge in [0.15, 0.2) is 5.69 Å². The number of esters is 1. The maximum Gasteiger partial charge on any atom is 0.360 e. The van der Waals surface area contributed by atoms with E-state index < -0.39 is 17.2 Å². The summed E-state index contributed by atoms with van der Waals surface area (Å²) in [5.41, 5.74) is 0.333. The van der Waals surface area contributed by atoms with Crippen molar-refractivity contribution in [2.45, 2.75) is 26.2 Å². The minimum atomic E-state index is -0.652. The van der Waals surface area contributed by atoms with Gasteiger partial charge in [0.1, 0.15) is 11.5 Å². The van der Waals surface area contributed by atoms with E-state index in [0.717, 1.165) is 0 Å². The number of methoxy groups -OCH3 is 1. The standard InChI is InChI=1S/C15H16ClFN2O2/c1-15(2,3)13-11(16)12(14(20)21-4)18-19(13)10-8-6-5-7-9(10)17/h5-8H,1-4H3. The fraction of sp³-hybridized carbons (Fsp3) is 0.333. The zero-order chi connectivity index (χ0) is 15.8. The van der Waals surface area contributed by atoms with Gasteiger partial charge in [0.05, 0.1) is 17.8 Å². The summed E-state index contributed by atoms with van der Waals surface area (Å²) < 4.78 is 20.1. The molecule has 0 N–H and O–H groups in total. The molecule has 2 aromatic rings. The second-order valence-corrected chi connectivity index (χ2v) is 5.99. The lowest BCUT2D eigenvalue weighted by Crippen LogP contribution is -2.18. The van der Waals surface area contributed by atoms with E-state index in [2.05, 4.69) is 9.84 Å². The topological polar surface area (TPSA) is 44.1 Å². The Bertz CT molecular complexity index is 689. The number of carbonyl (C=O) groups excluding carboxylic acids is 1. The third-order valence-electron chi connectivity index (χ3n) is 3.00. The molecule has 0 aliphatic carbocycles. The van der Waals surface area contributed by atoms with Gasteiger partial charge < -0.3 is 4.74 Å². The summed E-state index contributed by atoms with van der Waals surface area (Å²) in [4.78, 5) is 11.8. The first-order chi connectivity index (χ1) is 9.77. The van der Waals surface area contributed by atoms with Crippen molar-refractivity contribution in [2.75, 3.05) is 7.11 Å². The lowest BCUT2D eigenvalue weighted by atomic mass is 9.91. The first-order valence-corrected chi connectivity index (χ1v) is 6.77. The molecule has 0 aliphatic heterocycles. The molecule has 21 heavy (non-hydrogen) atoms. The Morgan fingerprint density at radius 1 is 1.33 bits per heavy atom. The van der Waals surface area contributed by atoms with Crippen LogP contribution in [0.25, 0.3) is 5.69 Å². The molecule has 1 aromatic heterocycles. The second kappa shape index (κ2) is 5.48. The van der Waals surface area contributed by atoms with Gasteiger partial charge >= 0.3 is 5.97 Å². The van der Waals surface area contributed by atoms with E-state index in [0.29, 0.717) is 5.69 Å². The third kappa shape index (κ3) is 2.78. The highest BCUT2D eigenvalue weighted by Gasteiger charge is 2.31. The number of hydrogen-bond acceptors (Lipinski definition) is 3. The Hall–Kier alpha value is -1.88. The zero-order valence-corrected chi connectivity index (χ0v) is 13.0. The molecule has 0 amide bonds. The van der Waals surface area contributed by atoms with Crippen molar-refractivity contribution >= 4 is 17.6 Å². The SMILES string of the molecule is COC(=O)c1nn(-c2ccccc2F)c(C(C)(C)C)c1Cl. The average Bonchev–Trinajstić information content (AvgIpc) is 2.75. The Morgan fingerprint density at radius 2 is 1.95 bits per heavy atom. The minimum Gasteiger partial charge on any atom is -0.464 e. The fourth-order valence-electron chi connectivity index (χ4n) is 2.07. The average molecular weight is 311 g/mol. The number of halogens is 2. The van der Waals surface area contributed by atoms with Crippen molar-refractivity contribution < 1.29 is 13.9 Å². The lowest BCUT2D eigenvalue weighted by molar-refractivity contribution is 0.0593. The maximum absolute atomic E-state index is 14.0. The summed E-state index contributed by atoms with van der Waals surface area (Å²) in [7, 11) is 1.25. The minimum absolute atomic E-state index is 0.0210.